The molecule has 1 aliphatic rings. The molecular weight excluding hydrogens is 326 g/mol. The highest BCUT2D eigenvalue weighted by Gasteiger charge is 2.35. The Balaban J connectivity index is 1.91. The first-order valence-corrected chi connectivity index (χ1v) is 8.30. The van der Waals surface area contributed by atoms with Crippen LogP contribution >= 0.6 is 0 Å². The molecule has 128 valence electrons. The summed E-state index contributed by atoms with van der Waals surface area (Å²) in [5, 5.41) is 4.15. The zero-order valence-electron chi connectivity index (χ0n) is 14.5. The highest BCUT2D eigenvalue weighted by molar-refractivity contribution is 6.43. The number of hydrogen-bond donors (Lipinski definition) is 0. The topological polar surface area (TPSA) is 55.2 Å². The maximum absolute atomic E-state index is 13.2. The Bertz CT molecular complexity index is 1060. The number of anilines is 1. The van der Waals surface area contributed by atoms with Gasteiger partial charge in [0.25, 0.3) is 11.8 Å². The van der Waals surface area contributed by atoms with Crippen molar-refractivity contribution in [3.05, 3.63) is 83.2 Å². The Hall–Kier alpha value is -3.47. The molecule has 0 spiro atoms. The lowest BCUT2D eigenvalue weighted by atomic mass is 9.92. The maximum Gasteiger partial charge on any atom is 0.265 e. The van der Waals surface area contributed by atoms with E-state index in [0.717, 1.165) is 11.1 Å². The lowest BCUT2D eigenvalue weighted by Crippen LogP contribution is -2.41. The summed E-state index contributed by atoms with van der Waals surface area (Å²) in [6.45, 7) is 1.93. The van der Waals surface area contributed by atoms with Gasteiger partial charge in [-0.2, -0.15) is 5.10 Å². The number of nitrogens with zero attached hydrogens (tertiary/aromatic N) is 3. The molecule has 2 heterocycles. The standard InChI is InChI=1S/C21H17N3O2/c1-14-6-5-7-16(10-14)24-20(25)18-9-4-3-8-17(18)19(21(24)26)11-15-12-22-23(2)13-15/h3-13H,1-2H3/b19-11-. The van der Waals surface area contributed by atoms with Crippen molar-refractivity contribution >= 4 is 29.2 Å². The second kappa shape index (κ2) is 6.11. The molecule has 0 aliphatic carbocycles. The van der Waals surface area contributed by atoms with Gasteiger partial charge in [0.15, 0.2) is 0 Å². The van der Waals surface area contributed by atoms with Gasteiger partial charge >= 0.3 is 0 Å². The van der Waals surface area contributed by atoms with Gasteiger partial charge in [-0.3, -0.25) is 14.3 Å². The number of benzene rings is 2. The van der Waals surface area contributed by atoms with Gasteiger partial charge in [0.2, 0.25) is 0 Å². The lowest BCUT2D eigenvalue weighted by Gasteiger charge is -2.28. The van der Waals surface area contributed by atoms with E-state index in [1.807, 2.05) is 50.5 Å². The Morgan fingerprint density at radius 3 is 2.42 bits per heavy atom. The minimum atomic E-state index is -0.330. The maximum atomic E-state index is 13.2. The summed E-state index contributed by atoms with van der Waals surface area (Å²) in [5.74, 6) is -0.636. The zero-order chi connectivity index (χ0) is 18.3. The second-order valence-electron chi connectivity index (χ2n) is 6.34. The van der Waals surface area contributed by atoms with Crippen LogP contribution in [0.4, 0.5) is 5.69 Å². The summed E-state index contributed by atoms with van der Waals surface area (Å²) in [5.41, 5.74) is 4.02. The van der Waals surface area contributed by atoms with Crippen molar-refractivity contribution in [1.29, 1.82) is 0 Å². The third-order valence-corrected chi connectivity index (χ3v) is 4.38. The van der Waals surface area contributed by atoms with Crippen molar-refractivity contribution in [2.24, 2.45) is 7.05 Å². The van der Waals surface area contributed by atoms with Crippen LogP contribution in [0.25, 0.3) is 11.6 Å². The summed E-state index contributed by atoms with van der Waals surface area (Å²) in [7, 11) is 1.82. The number of amides is 2. The minimum absolute atomic E-state index is 0.306. The molecule has 0 radical (unpaired) electrons. The normalized spacial score (nSPS) is 15.5. The highest BCUT2D eigenvalue weighted by Crippen LogP contribution is 2.33. The van der Waals surface area contributed by atoms with Crippen molar-refractivity contribution in [3.8, 4) is 0 Å². The van der Waals surface area contributed by atoms with Gasteiger partial charge < -0.3 is 0 Å². The number of fused-ring (bicyclic) bond motifs is 1. The van der Waals surface area contributed by atoms with Gasteiger partial charge in [0.1, 0.15) is 0 Å². The number of hydrogen-bond acceptors (Lipinski definition) is 3. The van der Waals surface area contributed by atoms with E-state index < -0.39 is 0 Å². The summed E-state index contributed by atoms with van der Waals surface area (Å²) < 4.78 is 1.68. The molecule has 2 aromatic carbocycles. The molecule has 26 heavy (non-hydrogen) atoms. The van der Waals surface area contributed by atoms with E-state index in [4.69, 9.17) is 0 Å². The van der Waals surface area contributed by atoms with Crippen LogP contribution in [0.5, 0.6) is 0 Å². The summed E-state index contributed by atoms with van der Waals surface area (Å²) in [6, 6.07) is 14.6. The molecule has 0 fully saturated rings. The number of aryl methyl sites for hydroxylation is 2. The van der Waals surface area contributed by atoms with Gasteiger partial charge in [0, 0.05) is 29.9 Å². The quantitative estimate of drug-likeness (QED) is 0.529. The fraction of sp³-hybridized carbons (Fsp3) is 0.0952. The van der Waals surface area contributed by atoms with Crippen LogP contribution in [0.3, 0.4) is 0 Å². The Morgan fingerprint density at radius 1 is 0.962 bits per heavy atom. The monoisotopic (exact) mass is 343 g/mol. The predicted molar refractivity (Wildman–Crippen MR) is 101 cm³/mol. The molecule has 0 unspecified atom stereocenters. The molecule has 1 aromatic heterocycles. The average Bonchev–Trinajstić information content (AvgIpc) is 3.04. The third-order valence-electron chi connectivity index (χ3n) is 4.38. The van der Waals surface area contributed by atoms with E-state index in [9.17, 15) is 9.59 Å². The van der Waals surface area contributed by atoms with Crippen molar-refractivity contribution in [1.82, 2.24) is 9.78 Å². The number of aromatic nitrogens is 2. The third kappa shape index (κ3) is 2.63. The van der Waals surface area contributed by atoms with Gasteiger partial charge in [0.05, 0.1) is 11.9 Å². The highest BCUT2D eigenvalue weighted by atomic mass is 16.2. The Morgan fingerprint density at radius 2 is 1.73 bits per heavy atom. The van der Waals surface area contributed by atoms with Crippen molar-refractivity contribution in [2.45, 2.75) is 6.92 Å². The number of imide groups is 1. The van der Waals surface area contributed by atoms with E-state index in [1.165, 1.54) is 4.90 Å². The van der Waals surface area contributed by atoms with Crippen LogP contribution in [0.15, 0.2) is 60.9 Å². The van der Waals surface area contributed by atoms with Crippen LogP contribution < -0.4 is 4.90 Å². The van der Waals surface area contributed by atoms with Crippen LogP contribution in [0.2, 0.25) is 0 Å². The molecule has 2 amide bonds. The molecule has 5 nitrogen and oxygen atoms in total. The Kier molecular flexibility index (Phi) is 3.77. The number of carbonyl (C=O) groups excluding carboxylic acids is 2. The fourth-order valence-corrected chi connectivity index (χ4v) is 3.18. The second-order valence-corrected chi connectivity index (χ2v) is 6.34. The summed E-state index contributed by atoms with van der Waals surface area (Å²) in [6.07, 6.45) is 5.30. The average molecular weight is 343 g/mol. The van der Waals surface area contributed by atoms with Gasteiger partial charge in [-0.05, 0) is 42.3 Å². The van der Waals surface area contributed by atoms with Crippen LogP contribution in [-0.4, -0.2) is 21.6 Å². The molecule has 0 N–H and O–H groups in total. The predicted octanol–water partition coefficient (Wildman–Crippen LogP) is 3.46. The van der Waals surface area contributed by atoms with E-state index in [2.05, 4.69) is 5.10 Å². The molecule has 0 atom stereocenters. The van der Waals surface area contributed by atoms with Crippen LogP contribution in [0.1, 0.15) is 27.0 Å². The minimum Gasteiger partial charge on any atom is -0.275 e. The first-order valence-electron chi connectivity index (χ1n) is 8.30. The summed E-state index contributed by atoms with van der Waals surface area (Å²) >= 11 is 0. The van der Waals surface area contributed by atoms with Crippen molar-refractivity contribution in [3.63, 3.8) is 0 Å². The van der Waals surface area contributed by atoms with Gasteiger partial charge in [-0.1, -0.05) is 30.3 Å². The first kappa shape index (κ1) is 16.0. The van der Waals surface area contributed by atoms with E-state index in [-0.39, 0.29) is 11.8 Å². The molecule has 3 aromatic rings. The fourth-order valence-electron chi connectivity index (χ4n) is 3.18. The smallest absolute Gasteiger partial charge is 0.265 e. The molecule has 5 heteroatoms. The first-order chi connectivity index (χ1) is 12.5. The van der Waals surface area contributed by atoms with E-state index in [0.29, 0.717) is 22.4 Å². The van der Waals surface area contributed by atoms with Gasteiger partial charge in [-0.25, -0.2) is 4.90 Å². The lowest BCUT2D eigenvalue weighted by molar-refractivity contribution is -0.112. The van der Waals surface area contributed by atoms with E-state index >= 15 is 0 Å². The largest absolute Gasteiger partial charge is 0.275 e. The Labute approximate surface area is 151 Å². The summed E-state index contributed by atoms with van der Waals surface area (Å²) in [4.78, 5) is 27.5. The van der Waals surface area contributed by atoms with Crippen LogP contribution in [0, 0.1) is 6.92 Å². The van der Waals surface area contributed by atoms with Crippen molar-refractivity contribution < 1.29 is 9.59 Å². The number of carbonyl (C=O) groups is 2. The molecule has 0 bridgehead atoms. The van der Waals surface area contributed by atoms with E-state index in [1.54, 1.807) is 35.2 Å². The van der Waals surface area contributed by atoms with Crippen molar-refractivity contribution in [2.75, 3.05) is 4.90 Å². The molecule has 4 rings (SSSR count). The molecular formula is C21H17N3O2. The van der Waals surface area contributed by atoms with Gasteiger partial charge in [-0.15, -0.1) is 0 Å². The molecule has 1 aliphatic heterocycles. The van der Waals surface area contributed by atoms with Crippen LogP contribution in [-0.2, 0) is 11.8 Å². The SMILES string of the molecule is Cc1cccc(N2C(=O)/C(=C\c3cnn(C)c3)c3ccccc3C2=O)c1. The molecule has 0 saturated carbocycles. The molecule has 0 saturated heterocycles. The zero-order valence-corrected chi connectivity index (χ0v) is 14.5. The number of rotatable bonds is 2.